The number of fused-ring (bicyclic) bond motifs is 1. The second kappa shape index (κ2) is 5.37. The van der Waals surface area contributed by atoms with Crippen LogP contribution in [0.1, 0.15) is 15.9 Å². The van der Waals surface area contributed by atoms with Crippen molar-refractivity contribution in [1.82, 2.24) is 4.57 Å². The number of amides is 1. The summed E-state index contributed by atoms with van der Waals surface area (Å²) in [5, 5.41) is 3.95. The summed E-state index contributed by atoms with van der Waals surface area (Å²) in [6, 6.07) is 13.7. The number of para-hydroxylation sites is 1. The number of nitrogens with one attached hydrogen (secondary N) is 1. The molecule has 0 atom stereocenters. The molecule has 1 amide bonds. The Hall–Kier alpha value is -2.07. The van der Waals surface area contributed by atoms with Gasteiger partial charge in [-0.25, -0.2) is 0 Å². The maximum absolute atomic E-state index is 12.5. The molecule has 0 fully saturated rings. The van der Waals surface area contributed by atoms with Crippen LogP contribution in [0.25, 0.3) is 10.9 Å². The van der Waals surface area contributed by atoms with Gasteiger partial charge in [-0.05, 0) is 36.8 Å². The van der Waals surface area contributed by atoms with Crippen LogP contribution in [-0.4, -0.2) is 10.5 Å². The lowest BCUT2D eigenvalue weighted by atomic mass is 10.1. The van der Waals surface area contributed by atoms with Gasteiger partial charge >= 0.3 is 0 Å². The lowest BCUT2D eigenvalue weighted by Gasteiger charge is -2.08. The second-order valence-corrected chi connectivity index (χ2v) is 6.00. The van der Waals surface area contributed by atoms with E-state index in [1.54, 1.807) is 0 Å². The Bertz CT molecular complexity index is 836. The molecular formula is C17H15BrN2O. The van der Waals surface area contributed by atoms with E-state index in [1.807, 2.05) is 67.2 Å². The van der Waals surface area contributed by atoms with Crippen molar-refractivity contribution in [3.8, 4) is 0 Å². The van der Waals surface area contributed by atoms with Crippen LogP contribution in [0, 0.1) is 6.92 Å². The predicted molar refractivity (Wildman–Crippen MR) is 89.8 cm³/mol. The normalized spacial score (nSPS) is 10.8. The first-order valence-corrected chi connectivity index (χ1v) is 7.47. The number of nitrogens with zero attached hydrogens (tertiary/aromatic N) is 1. The zero-order chi connectivity index (χ0) is 15.0. The van der Waals surface area contributed by atoms with E-state index in [4.69, 9.17) is 0 Å². The summed E-state index contributed by atoms with van der Waals surface area (Å²) in [6.45, 7) is 1.98. The first-order chi connectivity index (χ1) is 10.1. The standard InChI is InChI=1S/C17H15BrN2O/c1-11-9-12(18)7-8-15(11)19-17(21)14-10-20(2)16-6-4-3-5-13(14)16/h3-10H,1-2H3,(H,19,21). The Labute approximate surface area is 131 Å². The molecule has 1 N–H and O–H groups in total. The molecule has 0 radical (unpaired) electrons. The van der Waals surface area contributed by atoms with Crippen molar-refractivity contribution >= 4 is 38.4 Å². The lowest BCUT2D eigenvalue weighted by molar-refractivity contribution is 0.102. The zero-order valence-corrected chi connectivity index (χ0v) is 13.4. The van der Waals surface area contributed by atoms with Crippen LogP contribution in [0.3, 0.4) is 0 Å². The van der Waals surface area contributed by atoms with Crippen molar-refractivity contribution in [2.75, 3.05) is 5.32 Å². The maximum atomic E-state index is 12.5. The summed E-state index contributed by atoms with van der Waals surface area (Å²) in [5.41, 5.74) is 3.60. The van der Waals surface area contributed by atoms with E-state index in [0.29, 0.717) is 5.56 Å². The van der Waals surface area contributed by atoms with Crippen molar-refractivity contribution in [2.24, 2.45) is 7.05 Å². The molecule has 106 valence electrons. The number of carbonyl (C=O) groups is 1. The van der Waals surface area contributed by atoms with Gasteiger partial charge in [0.1, 0.15) is 0 Å². The average molecular weight is 343 g/mol. The van der Waals surface area contributed by atoms with E-state index in [9.17, 15) is 4.79 Å². The molecule has 3 nitrogen and oxygen atoms in total. The third-order valence-electron chi connectivity index (χ3n) is 3.58. The van der Waals surface area contributed by atoms with Crippen LogP contribution in [0.5, 0.6) is 0 Å². The zero-order valence-electron chi connectivity index (χ0n) is 11.9. The van der Waals surface area contributed by atoms with Crippen LogP contribution in [0.2, 0.25) is 0 Å². The Morgan fingerprint density at radius 2 is 1.95 bits per heavy atom. The lowest BCUT2D eigenvalue weighted by Crippen LogP contribution is -2.12. The van der Waals surface area contributed by atoms with Gasteiger partial charge < -0.3 is 9.88 Å². The number of hydrogen-bond donors (Lipinski definition) is 1. The number of carbonyl (C=O) groups excluding carboxylic acids is 1. The number of anilines is 1. The van der Waals surface area contributed by atoms with E-state index in [-0.39, 0.29) is 5.91 Å². The van der Waals surface area contributed by atoms with Gasteiger partial charge in [-0.2, -0.15) is 0 Å². The van der Waals surface area contributed by atoms with E-state index in [0.717, 1.165) is 26.6 Å². The molecule has 4 heteroatoms. The molecular weight excluding hydrogens is 328 g/mol. The van der Waals surface area contributed by atoms with Crippen molar-refractivity contribution in [3.05, 3.63) is 64.3 Å². The Kier molecular flexibility index (Phi) is 3.55. The molecule has 0 saturated carbocycles. The molecule has 0 saturated heterocycles. The van der Waals surface area contributed by atoms with E-state index < -0.39 is 0 Å². The third kappa shape index (κ3) is 2.59. The number of halogens is 1. The van der Waals surface area contributed by atoms with Gasteiger partial charge in [-0.3, -0.25) is 4.79 Å². The quantitative estimate of drug-likeness (QED) is 0.730. The largest absolute Gasteiger partial charge is 0.350 e. The second-order valence-electron chi connectivity index (χ2n) is 5.08. The van der Waals surface area contributed by atoms with Gasteiger partial charge in [0.05, 0.1) is 5.56 Å². The van der Waals surface area contributed by atoms with Gasteiger partial charge in [0.25, 0.3) is 5.91 Å². The molecule has 0 aliphatic carbocycles. The smallest absolute Gasteiger partial charge is 0.257 e. The van der Waals surface area contributed by atoms with E-state index >= 15 is 0 Å². The Morgan fingerprint density at radius 1 is 1.19 bits per heavy atom. The first kappa shape index (κ1) is 13.9. The van der Waals surface area contributed by atoms with Gasteiger partial charge in [-0.1, -0.05) is 34.1 Å². The average Bonchev–Trinajstić information content (AvgIpc) is 2.80. The summed E-state index contributed by atoms with van der Waals surface area (Å²) in [5.74, 6) is -0.0859. The number of benzene rings is 2. The number of aromatic nitrogens is 1. The van der Waals surface area contributed by atoms with Gasteiger partial charge in [0.2, 0.25) is 0 Å². The van der Waals surface area contributed by atoms with E-state index in [2.05, 4.69) is 21.2 Å². The minimum Gasteiger partial charge on any atom is -0.350 e. The van der Waals surface area contributed by atoms with Crippen LogP contribution in [0.4, 0.5) is 5.69 Å². The molecule has 1 aromatic heterocycles. The Morgan fingerprint density at radius 3 is 2.71 bits per heavy atom. The minimum absolute atomic E-state index is 0.0859. The Balaban J connectivity index is 1.98. The summed E-state index contributed by atoms with van der Waals surface area (Å²) < 4.78 is 2.97. The highest BCUT2D eigenvalue weighted by molar-refractivity contribution is 9.10. The summed E-state index contributed by atoms with van der Waals surface area (Å²) in [6.07, 6.45) is 1.87. The highest BCUT2D eigenvalue weighted by atomic mass is 79.9. The van der Waals surface area contributed by atoms with Crippen LogP contribution in [0.15, 0.2) is 53.1 Å². The third-order valence-corrected chi connectivity index (χ3v) is 4.07. The number of hydrogen-bond acceptors (Lipinski definition) is 1. The van der Waals surface area contributed by atoms with Gasteiger partial charge in [0, 0.05) is 34.3 Å². The highest BCUT2D eigenvalue weighted by Crippen LogP contribution is 2.24. The fourth-order valence-electron chi connectivity index (χ4n) is 2.48. The molecule has 2 aromatic carbocycles. The number of aryl methyl sites for hydroxylation is 2. The van der Waals surface area contributed by atoms with Crippen molar-refractivity contribution in [3.63, 3.8) is 0 Å². The van der Waals surface area contributed by atoms with Gasteiger partial charge in [-0.15, -0.1) is 0 Å². The molecule has 0 aliphatic heterocycles. The molecule has 0 bridgehead atoms. The highest BCUT2D eigenvalue weighted by Gasteiger charge is 2.14. The monoisotopic (exact) mass is 342 g/mol. The first-order valence-electron chi connectivity index (χ1n) is 6.68. The minimum atomic E-state index is -0.0859. The van der Waals surface area contributed by atoms with Crippen molar-refractivity contribution in [2.45, 2.75) is 6.92 Å². The molecule has 1 heterocycles. The van der Waals surface area contributed by atoms with Crippen molar-refractivity contribution in [1.29, 1.82) is 0 Å². The molecule has 3 rings (SSSR count). The summed E-state index contributed by atoms with van der Waals surface area (Å²) in [4.78, 5) is 12.5. The molecule has 0 spiro atoms. The number of rotatable bonds is 2. The topological polar surface area (TPSA) is 34.0 Å². The van der Waals surface area contributed by atoms with Crippen LogP contribution >= 0.6 is 15.9 Å². The predicted octanol–water partition coefficient (Wildman–Crippen LogP) is 4.50. The SMILES string of the molecule is Cc1cc(Br)ccc1NC(=O)c1cn(C)c2ccccc12. The fourth-order valence-corrected chi connectivity index (χ4v) is 2.96. The van der Waals surface area contributed by atoms with Crippen molar-refractivity contribution < 1.29 is 4.79 Å². The van der Waals surface area contributed by atoms with Gasteiger partial charge in [0.15, 0.2) is 0 Å². The maximum Gasteiger partial charge on any atom is 0.257 e. The van der Waals surface area contributed by atoms with Crippen LogP contribution in [-0.2, 0) is 7.05 Å². The molecule has 3 aromatic rings. The summed E-state index contributed by atoms with van der Waals surface area (Å²) in [7, 11) is 1.95. The molecule has 0 aliphatic rings. The fraction of sp³-hybridized carbons (Fsp3) is 0.118. The molecule has 21 heavy (non-hydrogen) atoms. The van der Waals surface area contributed by atoms with Crippen LogP contribution < -0.4 is 5.32 Å². The summed E-state index contributed by atoms with van der Waals surface area (Å²) >= 11 is 3.43. The molecule has 0 unspecified atom stereocenters. The van der Waals surface area contributed by atoms with E-state index in [1.165, 1.54) is 0 Å².